The standard InChI is InChI=1S/C13H15BrFNOS/c1-8-6-16(7-9(2)18-8)13(17)11-4-3-10(14)5-12(11)15/h3-5,8-9H,6-7H2,1-2H3. The molecule has 18 heavy (non-hydrogen) atoms. The van der Waals surface area contributed by atoms with Crippen molar-refractivity contribution >= 4 is 33.6 Å². The van der Waals surface area contributed by atoms with Gasteiger partial charge in [-0.2, -0.15) is 11.8 Å². The Balaban J connectivity index is 2.20. The van der Waals surface area contributed by atoms with Gasteiger partial charge in [-0.05, 0) is 18.2 Å². The molecule has 98 valence electrons. The Kier molecular flexibility index (Phi) is 4.33. The third-order valence-electron chi connectivity index (χ3n) is 2.87. The summed E-state index contributed by atoms with van der Waals surface area (Å²) in [6.07, 6.45) is 0. The van der Waals surface area contributed by atoms with Crippen LogP contribution in [0.3, 0.4) is 0 Å². The van der Waals surface area contributed by atoms with E-state index in [1.54, 1.807) is 17.0 Å². The van der Waals surface area contributed by atoms with Gasteiger partial charge in [0, 0.05) is 28.1 Å². The lowest BCUT2D eigenvalue weighted by Gasteiger charge is -2.34. The maximum atomic E-state index is 13.8. The minimum atomic E-state index is -0.465. The zero-order valence-corrected chi connectivity index (χ0v) is 12.7. The van der Waals surface area contributed by atoms with Crippen LogP contribution in [0.4, 0.5) is 4.39 Å². The summed E-state index contributed by atoms with van der Waals surface area (Å²) in [5, 5.41) is 0.799. The topological polar surface area (TPSA) is 20.3 Å². The third-order valence-corrected chi connectivity index (χ3v) is 4.59. The molecule has 0 aliphatic carbocycles. The lowest BCUT2D eigenvalue weighted by molar-refractivity contribution is 0.0748. The number of carbonyl (C=O) groups excluding carboxylic acids is 1. The number of halogens is 2. The molecule has 2 rings (SSSR count). The van der Waals surface area contributed by atoms with E-state index in [2.05, 4.69) is 29.8 Å². The number of nitrogens with zero attached hydrogens (tertiary/aromatic N) is 1. The highest BCUT2D eigenvalue weighted by molar-refractivity contribution is 9.10. The highest BCUT2D eigenvalue weighted by Gasteiger charge is 2.27. The molecule has 0 saturated carbocycles. The number of hydrogen-bond donors (Lipinski definition) is 0. The quantitative estimate of drug-likeness (QED) is 0.784. The maximum absolute atomic E-state index is 13.8. The highest BCUT2D eigenvalue weighted by Crippen LogP contribution is 2.26. The van der Waals surface area contributed by atoms with Crippen LogP contribution in [0.5, 0.6) is 0 Å². The molecule has 1 fully saturated rings. The molecule has 0 aromatic heterocycles. The average Bonchev–Trinajstić information content (AvgIpc) is 2.26. The Morgan fingerprint density at radius 2 is 2.00 bits per heavy atom. The van der Waals surface area contributed by atoms with Gasteiger partial charge in [0.25, 0.3) is 5.91 Å². The van der Waals surface area contributed by atoms with E-state index >= 15 is 0 Å². The number of benzene rings is 1. The number of rotatable bonds is 1. The van der Waals surface area contributed by atoms with Gasteiger partial charge in [0.2, 0.25) is 0 Å². The van der Waals surface area contributed by atoms with Gasteiger partial charge in [0.15, 0.2) is 0 Å². The first-order chi connectivity index (χ1) is 8.47. The van der Waals surface area contributed by atoms with E-state index < -0.39 is 5.82 Å². The van der Waals surface area contributed by atoms with Gasteiger partial charge in [-0.15, -0.1) is 0 Å². The van der Waals surface area contributed by atoms with Crippen LogP contribution in [0.1, 0.15) is 24.2 Å². The second-order valence-corrected chi connectivity index (χ2v) is 7.39. The molecule has 0 spiro atoms. The molecular formula is C13H15BrFNOS. The Morgan fingerprint density at radius 1 is 1.39 bits per heavy atom. The lowest BCUT2D eigenvalue weighted by atomic mass is 10.1. The van der Waals surface area contributed by atoms with Gasteiger partial charge >= 0.3 is 0 Å². The van der Waals surface area contributed by atoms with Crippen molar-refractivity contribution in [3.05, 3.63) is 34.1 Å². The van der Waals surface area contributed by atoms with Crippen LogP contribution in [0.15, 0.2) is 22.7 Å². The predicted molar refractivity (Wildman–Crippen MR) is 76.5 cm³/mol. The third kappa shape index (κ3) is 3.06. The normalized spacial score (nSPS) is 24.1. The van der Waals surface area contributed by atoms with E-state index in [4.69, 9.17) is 0 Å². The Hall–Kier alpha value is -0.550. The molecule has 0 N–H and O–H groups in total. The zero-order valence-electron chi connectivity index (χ0n) is 10.3. The number of hydrogen-bond acceptors (Lipinski definition) is 2. The largest absolute Gasteiger partial charge is 0.336 e. The van der Waals surface area contributed by atoms with Crippen LogP contribution in [-0.4, -0.2) is 34.4 Å². The molecule has 0 bridgehead atoms. The maximum Gasteiger partial charge on any atom is 0.256 e. The van der Waals surface area contributed by atoms with Crippen LogP contribution in [0.2, 0.25) is 0 Å². The van der Waals surface area contributed by atoms with Crippen LogP contribution >= 0.6 is 27.7 Å². The lowest BCUT2D eigenvalue weighted by Crippen LogP contribution is -2.44. The van der Waals surface area contributed by atoms with E-state index in [1.807, 2.05) is 11.8 Å². The SMILES string of the molecule is CC1CN(C(=O)c2ccc(Br)cc2F)CC(C)S1. The van der Waals surface area contributed by atoms with Crippen molar-refractivity contribution in [2.45, 2.75) is 24.3 Å². The Bertz CT molecular complexity index is 458. The monoisotopic (exact) mass is 331 g/mol. The van der Waals surface area contributed by atoms with Crippen molar-refractivity contribution in [3.8, 4) is 0 Å². The molecule has 2 nitrogen and oxygen atoms in total. The second-order valence-electron chi connectivity index (χ2n) is 4.59. The van der Waals surface area contributed by atoms with Gasteiger partial charge in [0.05, 0.1) is 5.56 Å². The summed E-state index contributed by atoms with van der Waals surface area (Å²) >= 11 is 5.06. The molecule has 1 aromatic carbocycles. The molecule has 1 aliphatic heterocycles. The van der Waals surface area contributed by atoms with Crippen molar-refractivity contribution < 1.29 is 9.18 Å². The molecule has 5 heteroatoms. The van der Waals surface area contributed by atoms with E-state index in [9.17, 15) is 9.18 Å². The molecule has 1 saturated heterocycles. The van der Waals surface area contributed by atoms with Crippen LogP contribution in [0.25, 0.3) is 0 Å². The van der Waals surface area contributed by atoms with Gasteiger partial charge in [-0.1, -0.05) is 29.8 Å². The van der Waals surface area contributed by atoms with Gasteiger partial charge in [-0.25, -0.2) is 4.39 Å². The first kappa shape index (κ1) is 13.9. The fraction of sp³-hybridized carbons (Fsp3) is 0.462. The molecule has 2 atom stereocenters. The van der Waals surface area contributed by atoms with Crippen molar-refractivity contribution in [1.29, 1.82) is 0 Å². The summed E-state index contributed by atoms with van der Waals surface area (Å²) in [5.41, 5.74) is 0.157. The molecule has 0 radical (unpaired) electrons. The molecular weight excluding hydrogens is 317 g/mol. The minimum Gasteiger partial charge on any atom is -0.336 e. The average molecular weight is 332 g/mol. The van der Waals surface area contributed by atoms with Gasteiger partial charge in [0.1, 0.15) is 5.82 Å². The summed E-state index contributed by atoms with van der Waals surface area (Å²) in [6.45, 7) is 5.56. The smallest absolute Gasteiger partial charge is 0.256 e. The molecule has 1 amide bonds. The van der Waals surface area contributed by atoms with E-state index in [1.165, 1.54) is 6.07 Å². The fourth-order valence-corrected chi connectivity index (χ4v) is 3.84. The summed E-state index contributed by atoms with van der Waals surface area (Å²) in [6, 6.07) is 4.57. The minimum absolute atomic E-state index is 0.157. The number of amides is 1. The predicted octanol–water partition coefficient (Wildman–Crippen LogP) is 3.55. The highest BCUT2D eigenvalue weighted by atomic mass is 79.9. The number of carbonyl (C=O) groups is 1. The number of thioether (sulfide) groups is 1. The van der Waals surface area contributed by atoms with Crippen molar-refractivity contribution in [2.24, 2.45) is 0 Å². The second kappa shape index (κ2) is 5.61. The summed E-state index contributed by atoms with van der Waals surface area (Å²) in [4.78, 5) is 14.0. The Morgan fingerprint density at radius 3 is 2.56 bits per heavy atom. The first-order valence-electron chi connectivity index (χ1n) is 5.87. The van der Waals surface area contributed by atoms with E-state index in [-0.39, 0.29) is 11.5 Å². The first-order valence-corrected chi connectivity index (χ1v) is 7.60. The van der Waals surface area contributed by atoms with Crippen molar-refractivity contribution in [2.75, 3.05) is 13.1 Å². The van der Waals surface area contributed by atoms with Gasteiger partial charge < -0.3 is 4.90 Å². The molecule has 2 unspecified atom stereocenters. The van der Waals surface area contributed by atoms with Crippen molar-refractivity contribution in [1.82, 2.24) is 4.90 Å². The fourth-order valence-electron chi connectivity index (χ4n) is 2.18. The molecule has 1 heterocycles. The van der Waals surface area contributed by atoms with Crippen LogP contribution in [-0.2, 0) is 0 Å². The van der Waals surface area contributed by atoms with Crippen molar-refractivity contribution in [3.63, 3.8) is 0 Å². The molecule has 1 aliphatic rings. The van der Waals surface area contributed by atoms with Crippen LogP contribution < -0.4 is 0 Å². The summed E-state index contributed by atoms with van der Waals surface area (Å²) < 4.78 is 14.4. The van der Waals surface area contributed by atoms with Gasteiger partial charge in [-0.3, -0.25) is 4.79 Å². The van der Waals surface area contributed by atoms with E-state index in [0.717, 1.165) is 0 Å². The summed E-state index contributed by atoms with van der Waals surface area (Å²) in [7, 11) is 0. The molecule has 1 aromatic rings. The summed E-state index contributed by atoms with van der Waals surface area (Å²) in [5.74, 6) is -0.674. The van der Waals surface area contributed by atoms with Crippen LogP contribution in [0, 0.1) is 5.82 Å². The zero-order chi connectivity index (χ0) is 13.3. The van der Waals surface area contributed by atoms with E-state index in [0.29, 0.717) is 28.1 Å². The Labute approximate surface area is 119 Å².